The molecule has 130 valence electrons. The highest BCUT2D eigenvalue weighted by molar-refractivity contribution is 14.1. The van der Waals surface area contributed by atoms with Crippen LogP contribution in [0.4, 0.5) is 0 Å². The smallest absolute Gasteiger partial charge is 0.252 e. The Bertz CT molecular complexity index is 896. The minimum atomic E-state index is -0.186. The third-order valence-electron chi connectivity index (χ3n) is 4.00. The van der Waals surface area contributed by atoms with E-state index in [0.29, 0.717) is 5.56 Å². The maximum Gasteiger partial charge on any atom is 0.252 e. The predicted octanol–water partition coefficient (Wildman–Crippen LogP) is 3.87. The Morgan fingerprint density at radius 2 is 2.12 bits per heavy atom. The van der Waals surface area contributed by atoms with Gasteiger partial charge in [0.15, 0.2) is 11.5 Å². The van der Waals surface area contributed by atoms with Gasteiger partial charge in [-0.3, -0.25) is 9.20 Å². The van der Waals surface area contributed by atoms with Crippen LogP contribution >= 0.6 is 34.4 Å². The normalized spacial score (nSPS) is 12.3. The zero-order valence-electron chi connectivity index (χ0n) is 14.1. The van der Waals surface area contributed by atoms with Crippen LogP contribution in [0, 0.1) is 10.5 Å². The molecule has 5 nitrogen and oxygen atoms in total. The fourth-order valence-electron chi connectivity index (χ4n) is 2.66. The topological polar surface area (TPSA) is 59.3 Å². The Kier molecular flexibility index (Phi) is 5.95. The summed E-state index contributed by atoms with van der Waals surface area (Å²) in [6, 6.07) is 11.4. The largest absolute Gasteiger partial charge is 0.342 e. The molecular weight excluding hydrogens is 447 g/mol. The number of rotatable bonds is 6. The van der Waals surface area contributed by atoms with E-state index in [4.69, 9.17) is 0 Å². The molecule has 0 saturated heterocycles. The third kappa shape index (κ3) is 3.98. The van der Waals surface area contributed by atoms with E-state index in [1.54, 1.807) is 11.8 Å². The molecule has 7 heteroatoms. The monoisotopic (exact) mass is 466 g/mol. The summed E-state index contributed by atoms with van der Waals surface area (Å²) >= 11 is 3.98. The van der Waals surface area contributed by atoms with Crippen LogP contribution in [-0.2, 0) is 0 Å². The van der Waals surface area contributed by atoms with Gasteiger partial charge in [-0.2, -0.15) is 11.8 Å². The van der Waals surface area contributed by atoms with Crippen LogP contribution in [0.2, 0.25) is 0 Å². The summed E-state index contributed by atoms with van der Waals surface area (Å²) in [6.07, 6.45) is 4.79. The quantitative estimate of drug-likeness (QED) is 0.561. The van der Waals surface area contributed by atoms with Gasteiger partial charge in [-0.1, -0.05) is 18.2 Å². The van der Waals surface area contributed by atoms with Crippen molar-refractivity contribution in [1.82, 2.24) is 19.9 Å². The average Bonchev–Trinajstić information content (AvgIpc) is 3.05. The summed E-state index contributed by atoms with van der Waals surface area (Å²) in [6.45, 7) is 2.01. The van der Waals surface area contributed by atoms with E-state index in [2.05, 4.69) is 44.4 Å². The lowest BCUT2D eigenvalue weighted by Gasteiger charge is -2.18. The molecule has 1 N–H and O–H groups in total. The first-order valence-corrected chi connectivity index (χ1v) is 10.4. The Hall–Kier alpha value is -1.61. The van der Waals surface area contributed by atoms with Gasteiger partial charge in [0.05, 0.1) is 11.6 Å². The first-order valence-electron chi connectivity index (χ1n) is 7.96. The van der Waals surface area contributed by atoms with E-state index in [1.165, 1.54) is 0 Å². The number of hydrogen-bond donors (Lipinski definition) is 1. The van der Waals surface area contributed by atoms with E-state index in [1.807, 2.05) is 53.9 Å². The van der Waals surface area contributed by atoms with Crippen LogP contribution in [0.3, 0.4) is 0 Å². The molecule has 1 aromatic carbocycles. The lowest BCUT2D eigenvalue weighted by molar-refractivity contribution is 0.0933. The summed E-state index contributed by atoms with van der Waals surface area (Å²) in [5, 5.41) is 11.7. The molecule has 2 heterocycles. The summed E-state index contributed by atoms with van der Waals surface area (Å²) in [7, 11) is 0. The number of nitrogens with one attached hydrogen (secondary N) is 1. The third-order valence-corrected chi connectivity index (χ3v) is 6.08. The fraction of sp³-hybridized carbons (Fsp3) is 0.278. The number of carbonyl (C=O) groups is 1. The molecule has 0 aliphatic carbocycles. The Morgan fingerprint density at radius 3 is 2.92 bits per heavy atom. The van der Waals surface area contributed by atoms with E-state index in [-0.39, 0.29) is 11.9 Å². The van der Waals surface area contributed by atoms with Crippen molar-refractivity contribution in [3.05, 3.63) is 63.1 Å². The number of halogens is 1. The number of amides is 1. The highest BCUT2D eigenvalue weighted by atomic mass is 127. The van der Waals surface area contributed by atoms with Crippen molar-refractivity contribution in [3.8, 4) is 0 Å². The molecule has 0 aliphatic rings. The van der Waals surface area contributed by atoms with Gasteiger partial charge in [-0.15, -0.1) is 10.2 Å². The number of carbonyl (C=O) groups excluding carboxylic acids is 1. The van der Waals surface area contributed by atoms with Crippen molar-refractivity contribution in [2.75, 3.05) is 12.0 Å². The number of fused-ring (bicyclic) bond motifs is 1. The molecule has 0 aliphatic heterocycles. The molecule has 2 aromatic heterocycles. The maximum absolute atomic E-state index is 12.8. The molecule has 25 heavy (non-hydrogen) atoms. The molecule has 1 unspecified atom stereocenters. The van der Waals surface area contributed by atoms with Gasteiger partial charge in [-0.25, -0.2) is 0 Å². The molecule has 0 saturated carbocycles. The Morgan fingerprint density at radius 1 is 1.28 bits per heavy atom. The van der Waals surface area contributed by atoms with E-state index >= 15 is 0 Å². The van der Waals surface area contributed by atoms with Gasteiger partial charge in [0.25, 0.3) is 5.91 Å². The van der Waals surface area contributed by atoms with Gasteiger partial charge in [-0.05, 0) is 71.7 Å². The number of benzene rings is 1. The number of nitrogens with zero attached hydrogens (tertiary/aromatic N) is 3. The first-order chi connectivity index (χ1) is 12.1. The molecule has 3 rings (SSSR count). The number of hydrogen-bond acceptors (Lipinski definition) is 4. The van der Waals surface area contributed by atoms with Crippen LogP contribution in [-0.4, -0.2) is 32.5 Å². The van der Waals surface area contributed by atoms with Gasteiger partial charge in [0.1, 0.15) is 0 Å². The number of thioether (sulfide) groups is 1. The zero-order chi connectivity index (χ0) is 17.8. The molecule has 0 fully saturated rings. The highest BCUT2D eigenvalue weighted by Crippen LogP contribution is 2.21. The molecule has 1 amide bonds. The van der Waals surface area contributed by atoms with Crippen molar-refractivity contribution < 1.29 is 4.79 Å². The van der Waals surface area contributed by atoms with Gasteiger partial charge in [0, 0.05) is 9.77 Å². The number of aromatic nitrogens is 3. The van der Waals surface area contributed by atoms with E-state index in [9.17, 15) is 4.79 Å². The van der Waals surface area contributed by atoms with Gasteiger partial charge < -0.3 is 5.32 Å². The second kappa shape index (κ2) is 8.18. The van der Waals surface area contributed by atoms with Gasteiger partial charge in [0.2, 0.25) is 0 Å². The molecule has 3 aromatic rings. The van der Waals surface area contributed by atoms with Crippen molar-refractivity contribution in [2.45, 2.75) is 19.4 Å². The van der Waals surface area contributed by atoms with Crippen molar-refractivity contribution in [1.29, 1.82) is 0 Å². The number of pyridine rings is 1. The van der Waals surface area contributed by atoms with Crippen molar-refractivity contribution in [3.63, 3.8) is 0 Å². The predicted molar refractivity (Wildman–Crippen MR) is 110 cm³/mol. The summed E-state index contributed by atoms with van der Waals surface area (Å²) < 4.78 is 2.92. The minimum absolute atomic E-state index is 0.0770. The van der Waals surface area contributed by atoms with Crippen molar-refractivity contribution in [2.24, 2.45) is 0 Å². The number of aryl methyl sites for hydroxylation is 1. The SMILES string of the molecule is CSCCC(NC(=O)c1cccc(C)c1I)c1nnc2ccccn12. The lowest BCUT2D eigenvalue weighted by Crippen LogP contribution is -2.31. The van der Waals surface area contributed by atoms with E-state index in [0.717, 1.165) is 32.8 Å². The first kappa shape index (κ1) is 18.2. The van der Waals surface area contributed by atoms with Gasteiger partial charge >= 0.3 is 0 Å². The summed E-state index contributed by atoms with van der Waals surface area (Å²) in [5.74, 6) is 1.62. The maximum atomic E-state index is 12.8. The lowest BCUT2D eigenvalue weighted by atomic mass is 10.1. The Balaban J connectivity index is 1.91. The van der Waals surface area contributed by atoms with Crippen LogP contribution < -0.4 is 5.32 Å². The minimum Gasteiger partial charge on any atom is -0.342 e. The van der Waals surface area contributed by atoms with Crippen molar-refractivity contribution >= 4 is 45.9 Å². The van der Waals surface area contributed by atoms with Crippen LogP contribution in [0.25, 0.3) is 5.65 Å². The molecule has 0 bridgehead atoms. The molecule has 0 radical (unpaired) electrons. The molecular formula is C18H19IN4OS. The molecule has 0 spiro atoms. The standard InChI is InChI=1S/C18H19IN4OS/c1-12-6-5-7-13(16(12)19)18(24)20-14(9-11-25-2)17-22-21-15-8-3-4-10-23(15)17/h3-8,10,14H,9,11H2,1-2H3,(H,20,24). The highest BCUT2D eigenvalue weighted by Gasteiger charge is 2.22. The Labute approximate surface area is 164 Å². The zero-order valence-corrected chi connectivity index (χ0v) is 17.0. The summed E-state index contributed by atoms with van der Waals surface area (Å²) in [4.78, 5) is 12.8. The van der Waals surface area contributed by atoms with E-state index < -0.39 is 0 Å². The molecule has 1 atom stereocenters. The average molecular weight is 466 g/mol. The summed E-state index contributed by atoms with van der Waals surface area (Å²) in [5.41, 5.74) is 2.58. The second-order valence-corrected chi connectivity index (χ2v) is 7.80. The second-order valence-electron chi connectivity index (χ2n) is 5.73. The van der Waals surface area contributed by atoms with Crippen LogP contribution in [0.1, 0.15) is 34.2 Å². The van der Waals surface area contributed by atoms with Crippen LogP contribution in [0.15, 0.2) is 42.6 Å². The fourth-order valence-corrected chi connectivity index (χ4v) is 3.73. The van der Waals surface area contributed by atoms with Crippen LogP contribution in [0.5, 0.6) is 0 Å².